The molecule has 4 saturated carbocycles. The van der Waals surface area contributed by atoms with E-state index in [1.54, 1.807) is 0 Å². The van der Waals surface area contributed by atoms with Gasteiger partial charge >= 0.3 is 11.4 Å². The van der Waals surface area contributed by atoms with Crippen molar-refractivity contribution in [2.45, 2.75) is 39.2 Å². The van der Waals surface area contributed by atoms with Gasteiger partial charge in [-0.05, 0) is 0 Å². The Labute approximate surface area is 205 Å². The summed E-state index contributed by atoms with van der Waals surface area (Å²) in [5.41, 5.74) is -1.69. The van der Waals surface area contributed by atoms with E-state index < -0.39 is 50.6 Å². The van der Waals surface area contributed by atoms with Crippen LogP contribution in [0.5, 0.6) is 0 Å². The minimum atomic E-state index is -2.18. The second kappa shape index (κ2) is 4.30. The van der Waals surface area contributed by atoms with Crippen LogP contribution in [0, 0.1) is 0 Å². The van der Waals surface area contributed by atoms with Crippen molar-refractivity contribution >= 4 is 116 Å². The average molecular weight is 588 g/mol. The third kappa shape index (κ3) is 0.981. The van der Waals surface area contributed by atoms with Gasteiger partial charge < -0.3 is 0 Å². The predicted octanol–water partition coefficient (Wildman–Crippen LogP) is 3.75. The Morgan fingerprint density at radius 1 is 0.607 bits per heavy atom. The van der Waals surface area contributed by atoms with Gasteiger partial charge in [0, 0.05) is 7.05 Å². The van der Waals surface area contributed by atoms with E-state index in [0.29, 0.717) is 0 Å². The van der Waals surface area contributed by atoms with Crippen LogP contribution in [0.1, 0.15) is 0 Å². The van der Waals surface area contributed by atoms with Gasteiger partial charge in [0.2, 0.25) is 0 Å². The van der Waals surface area contributed by atoms with Crippen LogP contribution < -0.4 is 11.4 Å². The first kappa shape index (κ1) is 20.0. The lowest BCUT2D eigenvalue weighted by Gasteiger charge is -2.55. The zero-order valence-electron chi connectivity index (χ0n) is 12.9. The van der Waals surface area contributed by atoms with Crippen molar-refractivity contribution in [3.05, 3.63) is 31.0 Å². The second-order valence-corrected chi connectivity index (χ2v) is 12.8. The minimum Gasteiger partial charge on any atom is -0.246 e. The van der Waals surface area contributed by atoms with Gasteiger partial charge in [0.1, 0.15) is 29.2 Å². The van der Waals surface area contributed by atoms with E-state index in [1.165, 1.54) is 7.05 Å². The molecular weight excluding hydrogens is 585 g/mol. The summed E-state index contributed by atoms with van der Waals surface area (Å²) in [7, 11) is 1.23. The molecule has 1 aromatic rings. The molecule has 15 heteroatoms. The summed E-state index contributed by atoms with van der Waals surface area (Å²) in [5, 5.41) is -0.392. The van der Waals surface area contributed by atoms with E-state index in [-0.39, 0.29) is 10.1 Å². The summed E-state index contributed by atoms with van der Waals surface area (Å²) in [6.45, 7) is 0. The van der Waals surface area contributed by atoms with Crippen LogP contribution in [0.15, 0.2) is 19.7 Å². The lowest BCUT2D eigenvalue weighted by Crippen LogP contribution is -2.74. The van der Waals surface area contributed by atoms with Crippen molar-refractivity contribution in [3.63, 3.8) is 0 Å². The number of alkyl halides is 8. The van der Waals surface area contributed by atoms with Crippen LogP contribution >= 0.6 is 116 Å². The number of fused-ring (bicyclic) bond motifs is 1. The van der Waals surface area contributed by atoms with Crippen molar-refractivity contribution in [1.29, 1.82) is 0 Å². The highest BCUT2D eigenvalue weighted by atomic mass is 35.5. The van der Waals surface area contributed by atoms with E-state index in [2.05, 4.69) is 0 Å². The molecule has 2 heterocycles. The molecule has 8 atom stereocenters. The van der Waals surface area contributed by atoms with Gasteiger partial charge in [0.25, 0.3) is 0 Å². The van der Waals surface area contributed by atoms with E-state index >= 15 is 0 Å². The van der Waals surface area contributed by atoms with Crippen molar-refractivity contribution in [3.8, 4) is 0 Å². The fraction of sp³-hybridized carbons (Fsp3) is 0.692. The molecule has 5 nitrogen and oxygen atoms in total. The SMILES string of the molecule is Cn1c(=O)n2n(c1=O)[C@]1(Cl)C3(Cl)C4(Cl)[C@]5(Cl)C(Cl)=C(Cl)[C@]4(Cl)[C@@]1(Cl)[C@]5(Cl)[C@@]23Cl. The van der Waals surface area contributed by atoms with Gasteiger partial charge in [-0.1, -0.05) is 46.4 Å². The molecule has 1 aromatic heterocycles. The van der Waals surface area contributed by atoms with E-state index in [9.17, 15) is 9.59 Å². The molecule has 0 aromatic carbocycles. The molecule has 0 N–H and O–H groups in total. The maximum atomic E-state index is 12.9. The average Bonchev–Trinajstić information content (AvgIpc) is 3.15. The Balaban J connectivity index is 1.98. The van der Waals surface area contributed by atoms with Gasteiger partial charge in [-0.2, -0.15) is 0 Å². The molecular formula is C13H3Cl10N3O2. The second-order valence-electron chi connectivity index (χ2n) is 7.57. The van der Waals surface area contributed by atoms with Crippen molar-refractivity contribution in [2.24, 2.45) is 7.05 Å². The Morgan fingerprint density at radius 2 is 0.929 bits per heavy atom. The highest BCUT2D eigenvalue weighted by Gasteiger charge is 3.21. The Hall–Kier alpha value is 1.38. The summed E-state index contributed by atoms with van der Waals surface area (Å²) >= 11 is 69.2. The van der Waals surface area contributed by atoms with Gasteiger partial charge in [-0.25, -0.2) is 23.5 Å². The van der Waals surface area contributed by atoms with Gasteiger partial charge in [-0.3, -0.25) is 0 Å². The monoisotopic (exact) mass is 583 g/mol. The number of allylic oxidation sites excluding steroid dienone is 2. The van der Waals surface area contributed by atoms with Crippen molar-refractivity contribution in [2.75, 3.05) is 0 Å². The molecule has 0 saturated heterocycles. The van der Waals surface area contributed by atoms with Gasteiger partial charge in [0.15, 0.2) is 10.00 Å². The Morgan fingerprint density at radius 3 is 1.25 bits per heavy atom. The highest BCUT2D eigenvalue weighted by molar-refractivity contribution is 6.71. The summed E-state index contributed by atoms with van der Waals surface area (Å²) in [5.74, 6) is 0. The Bertz CT molecular complexity index is 1170. The fourth-order valence-electron chi connectivity index (χ4n) is 6.29. The van der Waals surface area contributed by atoms with Gasteiger partial charge in [0.05, 0.1) is 10.1 Å². The number of hydrogen-bond donors (Lipinski definition) is 0. The maximum Gasteiger partial charge on any atom is 0.348 e. The molecule has 0 amide bonds. The third-order valence-electron chi connectivity index (χ3n) is 7.19. The lowest BCUT2D eigenvalue weighted by molar-refractivity contribution is 0.189. The van der Waals surface area contributed by atoms with Crippen LogP contribution in [-0.4, -0.2) is 43.2 Å². The smallest absolute Gasteiger partial charge is 0.246 e. The molecule has 0 spiro atoms. The fourth-order valence-corrected chi connectivity index (χ4v) is 13.9. The number of aromatic nitrogens is 3. The predicted molar refractivity (Wildman–Crippen MR) is 112 cm³/mol. The normalized spacial score (nSPS) is 62.0. The van der Waals surface area contributed by atoms with Crippen molar-refractivity contribution < 1.29 is 0 Å². The molecule has 2 unspecified atom stereocenters. The maximum absolute atomic E-state index is 12.9. The molecule has 4 fully saturated rings. The van der Waals surface area contributed by atoms with Crippen LogP contribution in [-0.2, 0) is 17.0 Å². The molecule has 7 rings (SSSR count). The zero-order valence-corrected chi connectivity index (χ0v) is 20.5. The molecule has 152 valence electrons. The van der Waals surface area contributed by atoms with Crippen molar-refractivity contribution in [1.82, 2.24) is 13.9 Å². The van der Waals surface area contributed by atoms with Crippen LogP contribution in [0.2, 0.25) is 0 Å². The number of halogens is 10. The van der Waals surface area contributed by atoms with E-state index in [0.717, 1.165) is 13.9 Å². The first-order valence-electron chi connectivity index (χ1n) is 7.54. The summed E-state index contributed by atoms with van der Waals surface area (Å²) in [4.78, 5) is 9.01. The number of hydrogen-bond acceptors (Lipinski definition) is 2. The highest BCUT2D eigenvalue weighted by Crippen LogP contribution is 3.03. The Kier molecular flexibility index (Phi) is 3.07. The standard InChI is InChI=1S/C13H3Cl10N3O2/c1-24-4(27)25-12(22)9(19)6(16)2(14)3(15)7(17)8(6,18)11(12,21)13(23,10(7,9)20)26(25)5(24)28/h1H3/t6-,7-,8?,9-,10+,11?,12+,13-/m1/s1. The summed E-state index contributed by atoms with van der Waals surface area (Å²) in [6, 6.07) is 0. The molecule has 8 bridgehead atoms. The number of rotatable bonds is 0. The molecule has 0 radical (unpaired) electrons. The molecule has 28 heavy (non-hydrogen) atoms. The quantitative estimate of drug-likeness (QED) is 0.435. The van der Waals surface area contributed by atoms with Crippen LogP contribution in [0.25, 0.3) is 0 Å². The number of nitrogens with zero attached hydrogens (tertiary/aromatic N) is 3. The van der Waals surface area contributed by atoms with Crippen LogP contribution in [0.4, 0.5) is 0 Å². The third-order valence-corrected chi connectivity index (χ3v) is 15.7. The first-order valence-corrected chi connectivity index (χ1v) is 11.3. The summed E-state index contributed by atoms with van der Waals surface area (Å²) < 4.78 is 2.45. The van der Waals surface area contributed by atoms with Gasteiger partial charge in [-0.15, -0.1) is 69.6 Å². The molecule has 1 aliphatic heterocycles. The minimum absolute atomic E-state index is 0.196. The topological polar surface area (TPSA) is 48.9 Å². The van der Waals surface area contributed by atoms with Crippen LogP contribution in [0.3, 0.4) is 0 Å². The first-order chi connectivity index (χ1) is 12.5. The molecule has 6 aliphatic rings. The molecule has 5 aliphatic carbocycles. The van der Waals surface area contributed by atoms with E-state index in [4.69, 9.17) is 116 Å². The zero-order chi connectivity index (χ0) is 21.0. The lowest BCUT2D eigenvalue weighted by atomic mass is 9.78. The van der Waals surface area contributed by atoms with E-state index in [1.807, 2.05) is 0 Å². The largest absolute Gasteiger partial charge is 0.348 e. The summed E-state index contributed by atoms with van der Waals surface area (Å²) in [6.07, 6.45) is 0.